The van der Waals surface area contributed by atoms with Crippen molar-refractivity contribution in [2.75, 3.05) is 12.4 Å². The van der Waals surface area contributed by atoms with Gasteiger partial charge in [-0.1, -0.05) is 15.9 Å². The highest BCUT2D eigenvalue weighted by Crippen LogP contribution is 2.19. The maximum absolute atomic E-state index is 11.4. The number of aryl methyl sites for hydroxylation is 1. The fourth-order valence-electron chi connectivity index (χ4n) is 1.38. The van der Waals surface area contributed by atoms with E-state index in [1.54, 1.807) is 31.4 Å². The molecule has 0 fully saturated rings. The highest BCUT2D eigenvalue weighted by atomic mass is 79.9. The predicted octanol–water partition coefficient (Wildman–Crippen LogP) is 1.91. The third-order valence-electron chi connectivity index (χ3n) is 2.24. The molecule has 90 valence electrons. The molecule has 0 aliphatic heterocycles. The highest BCUT2D eigenvalue weighted by Gasteiger charge is 2.09. The van der Waals surface area contributed by atoms with Crippen molar-refractivity contribution in [1.29, 1.82) is 0 Å². The van der Waals surface area contributed by atoms with Crippen LogP contribution in [0.15, 0.2) is 33.5 Å². The molecular weight excluding hydrogens is 288 g/mol. The van der Waals surface area contributed by atoms with Crippen LogP contribution in [0.4, 0.5) is 0 Å². The van der Waals surface area contributed by atoms with E-state index in [9.17, 15) is 4.79 Å². The quantitative estimate of drug-likeness (QED) is 0.809. The number of rotatable bonds is 4. The van der Waals surface area contributed by atoms with E-state index in [2.05, 4.69) is 21.0 Å². The van der Waals surface area contributed by atoms with Gasteiger partial charge in [-0.05, 0) is 24.3 Å². The molecule has 1 aromatic carbocycles. The van der Waals surface area contributed by atoms with Crippen LogP contribution in [0.2, 0.25) is 0 Å². The van der Waals surface area contributed by atoms with Crippen LogP contribution in [-0.4, -0.2) is 22.2 Å². The van der Waals surface area contributed by atoms with E-state index < -0.39 is 5.76 Å². The number of aromatic nitrogens is 2. The molecule has 0 bridgehead atoms. The maximum Gasteiger partial charge on any atom is 0.437 e. The minimum atomic E-state index is -0.449. The van der Waals surface area contributed by atoms with Gasteiger partial charge in [0.05, 0.1) is 13.7 Å². The van der Waals surface area contributed by atoms with Gasteiger partial charge in [0.2, 0.25) is 5.89 Å². The Morgan fingerprint density at radius 1 is 1.41 bits per heavy atom. The predicted molar refractivity (Wildman–Crippen MR) is 66.5 cm³/mol. The van der Waals surface area contributed by atoms with Crippen LogP contribution in [0.1, 0.15) is 0 Å². The number of hydrogen-bond acceptors (Lipinski definition) is 4. The van der Waals surface area contributed by atoms with E-state index in [1.807, 2.05) is 0 Å². The summed E-state index contributed by atoms with van der Waals surface area (Å²) in [4.78, 5) is 11.4. The fraction of sp³-hybridized carbons (Fsp3) is 0.273. The fourth-order valence-corrected chi connectivity index (χ4v) is 1.71. The Hall–Kier alpha value is -1.56. The lowest BCUT2D eigenvalue weighted by molar-refractivity contribution is 0.415. The van der Waals surface area contributed by atoms with E-state index in [-0.39, 0.29) is 0 Å². The normalized spacial score (nSPS) is 10.5. The third kappa shape index (κ3) is 2.58. The molecule has 1 aromatic heterocycles. The molecule has 0 aliphatic rings. The van der Waals surface area contributed by atoms with Crippen LogP contribution in [0.3, 0.4) is 0 Å². The summed E-state index contributed by atoms with van der Waals surface area (Å²) in [6.45, 7) is 0.485. The lowest BCUT2D eigenvalue weighted by atomic mass is 10.2. The summed E-state index contributed by atoms with van der Waals surface area (Å²) in [5, 5.41) is 4.75. The summed E-state index contributed by atoms with van der Waals surface area (Å²) in [5.74, 6) is 0.616. The van der Waals surface area contributed by atoms with Gasteiger partial charge >= 0.3 is 5.76 Å². The minimum absolute atomic E-state index is 0.318. The number of methoxy groups -OCH3 is 1. The second-order valence-corrected chi connectivity index (χ2v) is 4.11. The first-order valence-electron chi connectivity index (χ1n) is 5.03. The zero-order chi connectivity index (χ0) is 12.3. The zero-order valence-electron chi connectivity index (χ0n) is 9.22. The Morgan fingerprint density at radius 3 is 2.71 bits per heavy atom. The Morgan fingerprint density at radius 2 is 2.12 bits per heavy atom. The molecule has 0 aliphatic carbocycles. The average molecular weight is 299 g/mol. The Bertz CT molecular complexity index is 545. The van der Waals surface area contributed by atoms with Crippen molar-refractivity contribution in [3.8, 4) is 17.2 Å². The van der Waals surface area contributed by atoms with Gasteiger partial charge in [-0.2, -0.15) is 4.68 Å². The zero-order valence-corrected chi connectivity index (χ0v) is 10.8. The minimum Gasteiger partial charge on any atom is -0.497 e. The van der Waals surface area contributed by atoms with Gasteiger partial charge in [-0.25, -0.2) is 4.79 Å². The van der Waals surface area contributed by atoms with Crippen molar-refractivity contribution in [3.63, 3.8) is 0 Å². The average Bonchev–Trinajstić information content (AvgIpc) is 2.72. The van der Waals surface area contributed by atoms with Crippen LogP contribution in [0, 0.1) is 0 Å². The molecule has 0 unspecified atom stereocenters. The first-order valence-corrected chi connectivity index (χ1v) is 6.15. The summed E-state index contributed by atoms with van der Waals surface area (Å²) in [5.41, 5.74) is 0.747. The van der Waals surface area contributed by atoms with Gasteiger partial charge in [0.15, 0.2) is 0 Å². The summed E-state index contributed by atoms with van der Waals surface area (Å²) in [6.07, 6.45) is 0. The van der Waals surface area contributed by atoms with Crippen molar-refractivity contribution in [1.82, 2.24) is 9.78 Å². The van der Waals surface area contributed by atoms with Crippen LogP contribution in [0.5, 0.6) is 5.75 Å². The summed E-state index contributed by atoms with van der Waals surface area (Å²) >= 11 is 3.25. The number of benzene rings is 1. The number of alkyl halides is 1. The molecule has 6 heteroatoms. The van der Waals surface area contributed by atoms with Crippen LogP contribution >= 0.6 is 15.9 Å². The number of nitrogens with zero attached hydrogens (tertiary/aromatic N) is 2. The van der Waals surface area contributed by atoms with Crippen molar-refractivity contribution >= 4 is 15.9 Å². The highest BCUT2D eigenvalue weighted by molar-refractivity contribution is 9.09. The monoisotopic (exact) mass is 298 g/mol. The molecule has 1 heterocycles. The standard InChI is InChI=1S/C11H11BrN2O3/c1-16-9-4-2-8(3-5-9)10-13-14(7-6-12)11(15)17-10/h2-5H,6-7H2,1H3. The maximum atomic E-state index is 11.4. The molecule has 0 radical (unpaired) electrons. The molecule has 0 spiro atoms. The molecule has 0 saturated carbocycles. The van der Waals surface area contributed by atoms with Gasteiger partial charge in [0.1, 0.15) is 5.75 Å². The van der Waals surface area contributed by atoms with Gasteiger partial charge in [-0.3, -0.25) is 0 Å². The van der Waals surface area contributed by atoms with E-state index >= 15 is 0 Å². The van der Waals surface area contributed by atoms with E-state index in [1.165, 1.54) is 4.68 Å². The lowest BCUT2D eigenvalue weighted by Gasteiger charge is -1.99. The Kier molecular flexibility index (Phi) is 3.63. The summed E-state index contributed by atoms with van der Waals surface area (Å²) in [7, 11) is 1.60. The van der Waals surface area contributed by atoms with E-state index in [4.69, 9.17) is 9.15 Å². The van der Waals surface area contributed by atoms with Crippen LogP contribution in [-0.2, 0) is 6.54 Å². The number of ether oxygens (including phenoxy) is 1. The Labute approximate surface area is 106 Å². The molecule has 2 rings (SSSR count). The molecule has 0 amide bonds. The number of halogens is 1. The Balaban J connectivity index is 2.32. The van der Waals surface area contributed by atoms with Gasteiger partial charge in [0, 0.05) is 10.9 Å². The molecule has 0 saturated heterocycles. The first-order chi connectivity index (χ1) is 8.24. The van der Waals surface area contributed by atoms with E-state index in [0.717, 1.165) is 11.3 Å². The smallest absolute Gasteiger partial charge is 0.437 e. The third-order valence-corrected chi connectivity index (χ3v) is 2.59. The first kappa shape index (κ1) is 11.9. The van der Waals surface area contributed by atoms with Crippen molar-refractivity contribution in [2.45, 2.75) is 6.54 Å². The summed E-state index contributed by atoms with van der Waals surface area (Å²) < 4.78 is 11.4. The van der Waals surface area contributed by atoms with E-state index in [0.29, 0.717) is 17.8 Å². The molecule has 17 heavy (non-hydrogen) atoms. The molecular formula is C11H11BrN2O3. The van der Waals surface area contributed by atoms with Gasteiger partial charge < -0.3 is 9.15 Å². The van der Waals surface area contributed by atoms with Crippen molar-refractivity contribution in [2.24, 2.45) is 0 Å². The summed E-state index contributed by atoms with van der Waals surface area (Å²) in [6, 6.07) is 7.17. The van der Waals surface area contributed by atoms with Crippen molar-refractivity contribution < 1.29 is 9.15 Å². The molecule has 0 N–H and O–H groups in total. The van der Waals surface area contributed by atoms with Crippen LogP contribution in [0.25, 0.3) is 11.5 Å². The van der Waals surface area contributed by atoms with Gasteiger partial charge in [0.25, 0.3) is 0 Å². The second kappa shape index (κ2) is 5.18. The second-order valence-electron chi connectivity index (χ2n) is 3.31. The van der Waals surface area contributed by atoms with Gasteiger partial charge in [-0.15, -0.1) is 5.10 Å². The van der Waals surface area contributed by atoms with Crippen LogP contribution < -0.4 is 10.5 Å². The topological polar surface area (TPSA) is 57.3 Å². The number of hydrogen-bond donors (Lipinski definition) is 0. The SMILES string of the molecule is COc1ccc(-c2nn(CCBr)c(=O)o2)cc1. The largest absolute Gasteiger partial charge is 0.497 e. The van der Waals surface area contributed by atoms with Crippen molar-refractivity contribution in [3.05, 3.63) is 34.8 Å². The lowest BCUT2D eigenvalue weighted by Crippen LogP contribution is -2.16. The molecule has 0 atom stereocenters. The molecule has 5 nitrogen and oxygen atoms in total. The molecule has 2 aromatic rings.